The highest BCUT2D eigenvalue weighted by molar-refractivity contribution is 4.53. The van der Waals surface area contributed by atoms with Gasteiger partial charge in [0.2, 0.25) is 0 Å². The van der Waals surface area contributed by atoms with Gasteiger partial charge in [-0.15, -0.1) is 0 Å². The van der Waals surface area contributed by atoms with Crippen molar-refractivity contribution in [3.63, 3.8) is 0 Å². The highest BCUT2D eigenvalue weighted by Crippen LogP contribution is 1.93. The van der Waals surface area contributed by atoms with Crippen LogP contribution in [0.15, 0.2) is 0 Å². The fourth-order valence-corrected chi connectivity index (χ4v) is 1.31. The van der Waals surface area contributed by atoms with Crippen molar-refractivity contribution in [1.82, 2.24) is 0 Å². The summed E-state index contributed by atoms with van der Waals surface area (Å²) < 4.78 is 26.0. The predicted molar refractivity (Wildman–Crippen MR) is 74.3 cm³/mol. The van der Waals surface area contributed by atoms with Gasteiger partial charge in [-0.05, 0) is 0 Å². The summed E-state index contributed by atoms with van der Waals surface area (Å²) in [6.45, 7) is 3.18. The maximum absolute atomic E-state index is 9.10. The summed E-state index contributed by atoms with van der Waals surface area (Å²) in [5, 5.41) is 26.1. The van der Waals surface area contributed by atoms with Crippen molar-refractivity contribution in [2.45, 2.75) is 6.10 Å². The summed E-state index contributed by atoms with van der Waals surface area (Å²) in [6, 6.07) is 0. The van der Waals surface area contributed by atoms with E-state index in [-0.39, 0.29) is 33.0 Å². The standard InChI is InChI=1S/C13H28O8/c14-1-3-17-5-6-19-7-8-20-12-13(11-16)21-10-9-18-4-2-15/h13-16H,1-12H2. The Labute approximate surface area is 125 Å². The Kier molecular flexibility index (Phi) is 17.5. The summed E-state index contributed by atoms with van der Waals surface area (Å²) >= 11 is 0. The molecule has 0 aliphatic rings. The third kappa shape index (κ3) is 15.9. The minimum Gasteiger partial charge on any atom is -0.394 e. The van der Waals surface area contributed by atoms with E-state index < -0.39 is 6.10 Å². The molecule has 0 fully saturated rings. The van der Waals surface area contributed by atoms with E-state index in [9.17, 15) is 0 Å². The van der Waals surface area contributed by atoms with Gasteiger partial charge in [-0.25, -0.2) is 0 Å². The van der Waals surface area contributed by atoms with E-state index in [1.807, 2.05) is 0 Å². The van der Waals surface area contributed by atoms with Gasteiger partial charge in [0.1, 0.15) is 6.10 Å². The van der Waals surface area contributed by atoms with Gasteiger partial charge < -0.3 is 39.0 Å². The van der Waals surface area contributed by atoms with Crippen molar-refractivity contribution < 1.29 is 39.0 Å². The molecule has 0 amide bonds. The van der Waals surface area contributed by atoms with E-state index in [1.165, 1.54) is 0 Å². The molecular formula is C13H28O8. The average Bonchev–Trinajstić information content (AvgIpc) is 2.51. The summed E-state index contributed by atoms with van der Waals surface area (Å²) in [5.41, 5.74) is 0. The Morgan fingerprint density at radius 3 is 1.57 bits per heavy atom. The molecule has 0 aliphatic heterocycles. The van der Waals surface area contributed by atoms with Crippen molar-refractivity contribution in [1.29, 1.82) is 0 Å². The first-order chi connectivity index (χ1) is 10.3. The van der Waals surface area contributed by atoms with Gasteiger partial charge in [-0.3, -0.25) is 0 Å². The molecule has 0 saturated heterocycles. The normalized spacial score (nSPS) is 12.7. The average molecular weight is 312 g/mol. The first-order valence-electron chi connectivity index (χ1n) is 7.10. The van der Waals surface area contributed by atoms with Gasteiger partial charge in [0.15, 0.2) is 0 Å². The molecule has 8 nitrogen and oxygen atoms in total. The molecule has 0 aromatic carbocycles. The number of hydrogen-bond acceptors (Lipinski definition) is 8. The first-order valence-corrected chi connectivity index (χ1v) is 7.10. The second-order valence-electron chi connectivity index (χ2n) is 4.03. The van der Waals surface area contributed by atoms with Gasteiger partial charge in [-0.1, -0.05) is 0 Å². The maximum atomic E-state index is 9.10. The zero-order chi connectivity index (χ0) is 15.6. The van der Waals surface area contributed by atoms with Crippen LogP contribution in [0.1, 0.15) is 0 Å². The summed E-state index contributed by atoms with van der Waals surface area (Å²) in [7, 11) is 0. The van der Waals surface area contributed by atoms with E-state index >= 15 is 0 Å². The lowest BCUT2D eigenvalue weighted by Gasteiger charge is -2.15. The number of hydrogen-bond donors (Lipinski definition) is 3. The maximum Gasteiger partial charge on any atom is 0.104 e. The van der Waals surface area contributed by atoms with Crippen LogP contribution in [0, 0.1) is 0 Å². The second kappa shape index (κ2) is 17.7. The summed E-state index contributed by atoms with van der Waals surface area (Å²) in [6.07, 6.45) is -0.393. The fraction of sp³-hybridized carbons (Fsp3) is 1.00. The van der Waals surface area contributed by atoms with Crippen LogP contribution in [0.5, 0.6) is 0 Å². The molecule has 0 saturated carbocycles. The van der Waals surface area contributed by atoms with Crippen LogP contribution in [0.4, 0.5) is 0 Å². The highest BCUT2D eigenvalue weighted by Gasteiger charge is 2.07. The van der Waals surface area contributed by atoms with Crippen LogP contribution >= 0.6 is 0 Å². The minimum atomic E-state index is -0.393. The highest BCUT2D eigenvalue weighted by atomic mass is 16.6. The van der Waals surface area contributed by atoms with Crippen LogP contribution < -0.4 is 0 Å². The first kappa shape index (κ1) is 20.7. The zero-order valence-corrected chi connectivity index (χ0v) is 12.4. The minimum absolute atomic E-state index is 0.0106. The lowest BCUT2D eigenvalue weighted by Crippen LogP contribution is -2.26. The predicted octanol–water partition coefficient (Wildman–Crippen LogP) is -1.59. The fourth-order valence-electron chi connectivity index (χ4n) is 1.31. The quantitative estimate of drug-likeness (QED) is 0.276. The van der Waals surface area contributed by atoms with Crippen LogP contribution in [-0.4, -0.2) is 101 Å². The zero-order valence-electron chi connectivity index (χ0n) is 12.4. The van der Waals surface area contributed by atoms with Crippen LogP contribution in [0.3, 0.4) is 0 Å². The Hall–Kier alpha value is -0.320. The topological polar surface area (TPSA) is 107 Å². The van der Waals surface area contributed by atoms with Crippen LogP contribution in [0.25, 0.3) is 0 Å². The van der Waals surface area contributed by atoms with Gasteiger partial charge in [0.25, 0.3) is 0 Å². The Bertz CT molecular complexity index is 193. The molecule has 0 bridgehead atoms. The van der Waals surface area contributed by atoms with E-state index in [1.54, 1.807) is 0 Å². The van der Waals surface area contributed by atoms with Crippen molar-refractivity contribution >= 4 is 0 Å². The number of ether oxygens (including phenoxy) is 5. The van der Waals surface area contributed by atoms with Gasteiger partial charge >= 0.3 is 0 Å². The van der Waals surface area contributed by atoms with Gasteiger partial charge in [-0.2, -0.15) is 0 Å². The molecule has 1 unspecified atom stereocenters. The van der Waals surface area contributed by atoms with Crippen LogP contribution in [0.2, 0.25) is 0 Å². The largest absolute Gasteiger partial charge is 0.394 e. The Balaban J connectivity index is 3.26. The molecule has 0 spiro atoms. The lowest BCUT2D eigenvalue weighted by atomic mass is 10.4. The third-order valence-corrected chi connectivity index (χ3v) is 2.30. The molecule has 1 atom stereocenters. The van der Waals surface area contributed by atoms with E-state index in [0.29, 0.717) is 46.2 Å². The third-order valence-electron chi connectivity index (χ3n) is 2.30. The molecule has 0 heterocycles. The van der Waals surface area contributed by atoms with E-state index in [4.69, 9.17) is 39.0 Å². The van der Waals surface area contributed by atoms with E-state index in [2.05, 4.69) is 0 Å². The van der Waals surface area contributed by atoms with Crippen molar-refractivity contribution in [3.05, 3.63) is 0 Å². The Morgan fingerprint density at radius 1 is 0.571 bits per heavy atom. The molecule has 0 radical (unpaired) electrons. The summed E-state index contributed by atoms with van der Waals surface area (Å²) in [4.78, 5) is 0. The number of aliphatic hydroxyl groups excluding tert-OH is 3. The molecule has 3 N–H and O–H groups in total. The van der Waals surface area contributed by atoms with Crippen LogP contribution in [-0.2, 0) is 23.7 Å². The molecule has 8 heteroatoms. The molecular weight excluding hydrogens is 284 g/mol. The van der Waals surface area contributed by atoms with Crippen molar-refractivity contribution in [2.75, 3.05) is 79.3 Å². The SMILES string of the molecule is OCCOCCOCCOCC(CO)OCCOCCO. The molecule has 0 aromatic rings. The van der Waals surface area contributed by atoms with Gasteiger partial charge in [0.05, 0.1) is 79.3 Å². The number of aliphatic hydroxyl groups is 3. The van der Waals surface area contributed by atoms with Crippen molar-refractivity contribution in [2.24, 2.45) is 0 Å². The molecule has 128 valence electrons. The second-order valence-corrected chi connectivity index (χ2v) is 4.03. The van der Waals surface area contributed by atoms with Crippen molar-refractivity contribution in [3.8, 4) is 0 Å². The summed E-state index contributed by atoms with van der Waals surface area (Å²) in [5.74, 6) is 0. The Morgan fingerprint density at radius 2 is 1.05 bits per heavy atom. The number of rotatable bonds is 17. The molecule has 0 aromatic heterocycles. The molecule has 0 aliphatic carbocycles. The smallest absolute Gasteiger partial charge is 0.104 e. The van der Waals surface area contributed by atoms with E-state index in [0.717, 1.165) is 0 Å². The lowest BCUT2D eigenvalue weighted by molar-refractivity contribution is -0.0688. The van der Waals surface area contributed by atoms with Gasteiger partial charge in [0, 0.05) is 0 Å². The monoisotopic (exact) mass is 312 g/mol. The molecule has 0 rings (SSSR count). The molecule has 21 heavy (non-hydrogen) atoms.